The van der Waals surface area contributed by atoms with Crippen LogP contribution < -0.4 is 14.8 Å². The first kappa shape index (κ1) is 21.7. The Morgan fingerprint density at radius 2 is 1.97 bits per heavy atom. The van der Waals surface area contributed by atoms with Gasteiger partial charge < -0.3 is 19.4 Å². The van der Waals surface area contributed by atoms with Gasteiger partial charge in [0.25, 0.3) is 5.91 Å². The van der Waals surface area contributed by atoms with Gasteiger partial charge in [-0.2, -0.15) is 5.10 Å². The number of aromatic nitrogens is 4. The molecule has 8 nitrogen and oxygen atoms in total. The van der Waals surface area contributed by atoms with Gasteiger partial charge in [0.1, 0.15) is 11.5 Å². The molecule has 1 amide bonds. The van der Waals surface area contributed by atoms with Crippen LogP contribution in [0.5, 0.6) is 11.5 Å². The second kappa shape index (κ2) is 9.01. The lowest BCUT2D eigenvalue weighted by molar-refractivity contribution is 0.0946. The Kier molecular flexibility index (Phi) is 5.75. The zero-order valence-corrected chi connectivity index (χ0v) is 18.9. The van der Waals surface area contributed by atoms with Crippen LogP contribution in [-0.4, -0.2) is 46.0 Å². The zero-order valence-electron chi connectivity index (χ0n) is 18.9. The maximum Gasteiger partial charge on any atom is 0.272 e. The molecule has 174 valence electrons. The standard InChI is InChI=1S/C25H24FN5O3/c1-33-21-13-16-12-18-23(25(32)28-8-5-10-30-11-9-27-15-30)29-31(20-7-4-3-6-19(20)26)24(18)17(16)14-22(21)34-2/h3-4,6-7,9,11,13-15H,5,8,10,12H2,1-2H3,(H,28,32). The number of carbonyl (C=O) groups excluding carboxylic acids is 1. The maximum absolute atomic E-state index is 14.8. The number of fused-ring (bicyclic) bond motifs is 3. The van der Waals surface area contributed by atoms with E-state index in [1.165, 1.54) is 10.7 Å². The number of methoxy groups -OCH3 is 2. The van der Waals surface area contributed by atoms with Gasteiger partial charge in [-0.15, -0.1) is 0 Å². The fraction of sp³-hybridized carbons (Fsp3) is 0.240. The Bertz CT molecular complexity index is 1350. The van der Waals surface area contributed by atoms with Crippen molar-refractivity contribution in [2.45, 2.75) is 19.4 Å². The predicted molar refractivity (Wildman–Crippen MR) is 124 cm³/mol. The number of carbonyl (C=O) groups is 1. The SMILES string of the molecule is COc1cc2c(cc1OC)-c1c(c(C(=O)NCCCn3ccnc3)nn1-c1ccccc1F)C2. The number of imidazole rings is 1. The van der Waals surface area contributed by atoms with Crippen LogP contribution in [-0.2, 0) is 13.0 Å². The first-order chi connectivity index (χ1) is 16.6. The summed E-state index contributed by atoms with van der Waals surface area (Å²) in [6, 6.07) is 10.1. The van der Waals surface area contributed by atoms with Crippen LogP contribution in [0.1, 0.15) is 28.0 Å². The molecule has 1 aliphatic rings. The molecular weight excluding hydrogens is 437 g/mol. The maximum atomic E-state index is 14.8. The van der Waals surface area contributed by atoms with Crippen molar-refractivity contribution < 1.29 is 18.7 Å². The highest BCUT2D eigenvalue weighted by molar-refractivity contribution is 5.97. The van der Waals surface area contributed by atoms with Crippen LogP contribution >= 0.6 is 0 Å². The van der Waals surface area contributed by atoms with Gasteiger partial charge in [-0.05, 0) is 36.2 Å². The van der Waals surface area contributed by atoms with E-state index in [-0.39, 0.29) is 17.3 Å². The van der Waals surface area contributed by atoms with Crippen LogP contribution in [0.2, 0.25) is 0 Å². The summed E-state index contributed by atoms with van der Waals surface area (Å²) in [6.07, 6.45) is 6.57. The van der Waals surface area contributed by atoms with Crippen LogP contribution in [0.25, 0.3) is 16.9 Å². The third kappa shape index (κ3) is 3.79. The van der Waals surface area contributed by atoms with Gasteiger partial charge in [0.2, 0.25) is 0 Å². The number of aryl methyl sites for hydroxylation is 1. The quantitative estimate of drug-likeness (QED) is 0.357. The Hall–Kier alpha value is -4.14. The van der Waals surface area contributed by atoms with E-state index in [1.54, 1.807) is 44.9 Å². The molecule has 1 N–H and O–H groups in total. The minimum Gasteiger partial charge on any atom is -0.493 e. The van der Waals surface area contributed by atoms with Gasteiger partial charge in [-0.25, -0.2) is 14.1 Å². The number of hydrogen-bond acceptors (Lipinski definition) is 5. The van der Waals surface area contributed by atoms with Crippen molar-refractivity contribution >= 4 is 5.91 Å². The molecule has 34 heavy (non-hydrogen) atoms. The lowest BCUT2D eigenvalue weighted by atomic mass is 10.1. The first-order valence-electron chi connectivity index (χ1n) is 11.0. The monoisotopic (exact) mass is 461 g/mol. The largest absolute Gasteiger partial charge is 0.493 e. The van der Waals surface area contributed by atoms with Gasteiger partial charge in [-0.3, -0.25) is 4.79 Å². The number of amides is 1. The summed E-state index contributed by atoms with van der Waals surface area (Å²) < 4.78 is 29.2. The molecule has 2 aromatic carbocycles. The van der Waals surface area contributed by atoms with Gasteiger partial charge in [0, 0.05) is 43.0 Å². The smallest absolute Gasteiger partial charge is 0.272 e. The van der Waals surface area contributed by atoms with Crippen LogP contribution in [0.4, 0.5) is 4.39 Å². The van der Waals surface area contributed by atoms with Crippen molar-refractivity contribution in [1.29, 1.82) is 0 Å². The number of benzene rings is 2. The lowest BCUT2D eigenvalue weighted by Crippen LogP contribution is -2.26. The molecule has 4 aromatic rings. The minimum absolute atomic E-state index is 0.278. The average molecular weight is 461 g/mol. The van der Waals surface area contributed by atoms with E-state index in [0.717, 1.165) is 29.7 Å². The molecule has 5 rings (SSSR count). The van der Waals surface area contributed by atoms with Crippen molar-refractivity contribution in [3.05, 3.63) is 77.8 Å². The lowest BCUT2D eigenvalue weighted by Gasteiger charge is -2.12. The highest BCUT2D eigenvalue weighted by Gasteiger charge is 2.33. The van der Waals surface area contributed by atoms with Crippen molar-refractivity contribution in [2.75, 3.05) is 20.8 Å². The number of hydrogen-bond donors (Lipinski definition) is 1. The van der Waals surface area contributed by atoms with Crippen LogP contribution in [0, 0.1) is 5.82 Å². The Labute approximate surface area is 196 Å². The molecule has 0 fully saturated rings. The number of para-hydroxylation sites is 1. The Morgan fingerprint density at radius 1 is 1.18 bits per heavy atom. The molecule has 0 aliphatic heterocycles. The summed E-state index contributed by atoms with van der Waals surface area (Å²) in [4.78, 5) is 17.2. The van der Waals surface area contributed by atoms with E-state index >= 15 is 0 Å². The van der Waals surface area contributed by atoms with E-state index in [2.05, 4.69) is 15.4 Å². The van der Waals surface area contributed by atoms with E-state index < -0.39 is 5.82 Å². The molecule has 2 heterocycles. The summed E-state index contributed by atoms with van der Waals surface area (Å²) in [7, 11) is 3.15. The molecule has 0 unspecified atom stereocenters. The summed E-state index contributed by atoms with van der Waals surface area (Å²) in [5.41, 5.74) is 3.80. The normalized spacial score (nSPS) is 11.7. The molecule has 0 saturated carbocycles. The Morgan fingerprint density at radius 3 is 2.71 bits per heavy atom. The van der Waals surface area contributed by atoms with Crippen molar-refractivity contribution in [1.82, 2.24) is 24.6 Å². The van der Waals surface area contributed by atoms with E-state index in [0.29, 0.717) is 30.2 Å². The molecule has 0 saturated heterocycles. The summed E-state index contributed by atoms with van der Waals surface area (Å²) in [5.74, 6) is 0.445. The molecule has 0 bridgehead atoms. The van der Waals surface area contributed by atoms with E-state index in [1.807, 2.05) is 22.9 Å². The van der Waals surface area contributed by atoms with Crippen molar-refractivity contribution in [3.8, 4) is 28.4 Å². The van der Waals surface area contributed by atoms with Crippen molar-refractivity contribution in [2.24, 2.45) is 0 Å². The first-order valence-corrected chi connectivity index (χ1v) is 11.0. The number of rotatable bonds is 8. The minimum atomic E-state index is -0.422. The fourth-order valence-electron chi connectivity index (χ4n) is 4.32. The second-order valence-corrected chi connectivity index (χ2v) is 7.99. The van der Waals surface area contributed by atoms with Gasteiger partial charge in [0.05, 0.1) is 26.2 Å². The summed E-state index contributed by atoms with van der Waals surface area (Å²) >= 11 is 0. The van der Waals surface area contributed by atoms with Gasteiger partial charge in [-0.1, -0.05) is 12.1 Å². The number of ether oxygens (including phenoxy) is 2. The Balaban J connectivity index is 1.51. The molecule has 1 aliphatic carbocycles. The van der Waals surface area contributed by atoms with E-state index in [9.17, 15) is 9.18 Å². The van der Waals surface area contributed by atoms with Gasteiger partial charge in [0.15, 0.2) is 17.2 Å². The summed E-state index contributed by atoms with van der Waals surface area (Å²) in [5, 5.41) is 7.52. The highest BCUT2D eigenvalue weighted by Crippen LogP contribution is 2.44. The predicted octanol–water partition coefficient (Wildman–Crippen LogP) is 3.62. The molecule has 0 atom stereocenters. The van der Waals surface area contributed by atoms with E-state index in [4.69, 9.17) is 9.47 Å². The van der Waals surface area contributed by atoms with Crippen molar-refractivity contribution in [3.63, 3.8) is 0 Å². The molecule has 9 heteroatoms. The van der Waals surface area contributed by atoms with Crippen LogP contribution in [0.15, 0.2) is 55.1 Å². The third-order valence-electron chi connectivity index (χ3n) is 5.95. The fourth-order valence-corrected chi connectivity index (χ4v) is 4.32. The molecule has 2 aromatic heterocycles. The topological polar surface area (TPSA) is 83.2 Å². The molecular formula is C25H24FN5O3. The molecule has 0 spiro atoms. The number of nitrogens with one attached hydrogen (secondary N) is 1. The number of halogens is 1. The zero-order chi connectivity index (χ0) is 23.7. The van der Waals surface area contributed by atoms with Crippen LogP contribution in [0.3, 0.4) is 0 Å². The average Bonchev–Trinajstić information content (AvgIpc) is 3.57. The molecule has 0 radical (unpaired) electrons. The highest BCUT2D eigenvalue weighted by atomic mass is 19.1. The van der Waals surface area contributed by atoms with Gasteiger partial charge >= 0.3 is 0 Å². The second-order valence-electron chi connectivity index (χ2n) is 7.99. The number of nitrogens with zero attached hydrogens (tertiary/aromatic N) is 4. The summed E-state index contributed by atoms with van der Waals surface area (Å²) in [6.45, 7) is 1.22. The third-order valence-corrected chi connectivity index (χ3v) is 5.95.